The van der Waals surface area contributed by atoms with E-state index >= 15 is 0 Å². The standard InChI is InChI=1S/C18H29N3/c19-21-18(15-8-4-2-1-3-5-9-15)16-12-6-10-14-11-7-13-20-17(14)16/h7,11,13,15-16,18,21H,1-6,8-10,12,19H2. The Balaban J connectivity index is 1.79. The van der Waals surface area contributed by atoms with Crippen LogP contribution in [0.1, 0.15) is 75.0 Å². The van der Waals surface area contributed by atoms with Gasteiger partial charge in [-0.25, -0.2) is 0 Å². The summed E-state index contributed by atoms with van der Waals surface area (Å²) in [6, 6.07) is 4.72. The van der Waals surface area contributed by atoms with Crippen molar-refractivity contribution in [1.29, 1.82) is 0 Å². The summed E-state index contributed by atoms with van der Waals surface area (Å²) in [6.07, 6.45) is 15.2. The van der Waals surface area contributed by atoms with Crippen LogP contribution in [0.3, 0.4) is 0 Å². The van der Waals surface area contributed by atoms with E-state index in [2.05, 4.69) is 17.6 Å². The van der Waals surface area contributed by atoms with E-state index in [0.717, 1.165) is 0 Å². The maximum atomic E-state index is 6.00. The van der Waals surface area contributed by atoms with Gasteiger partial charge in [-0.05, 0) is 49.7 Å². The molecule has 0 saturated heterocycles. The third-order valence-electron chi connectivity index (χ3n) is 5.52. The molecule has 0 aliphatic heterocycles. The van der Waals surface area contributed by atoms with Crippen molar-refractivity contribution in [3.8, 4) is 0 Å². The van der Waals surface area contributed by atoms with Crippen LogP contribution < -0.4 is 11.3 Å². The Morgan fingerprint density at radius 3 is 2.57 bits per heavy atom. The molecule has 21 heavy (non-hydrogen) atoms. The van der Waals surface area contributed by atoms with Gasteiger partial charge in [0.05, 0.1) is 0 Å². The van der Waals surface area contributed by atoms with Crippen LogP contribution in [0.15, 0.2) is 18.3 Å². The topological polar surface area (TPSA) is 50.9 Å². The number of pyridine rings is 1. The second kappa shape index (κ2) is 7.37. The molecule has 2 atom stereocenters. The fourth-order valence-electron chi connectivity index (χ4n) is 4.42. The van der Waals surface area contributed by atoms with Crippen LogP contribution in [0.5, 0.6) is 0 Å². The van der Waals surface area contributed by atoms with E-state index < -0.39 is 0 Å². The van der Waals surface area contributed by atoms with Crippen LogP contribution in [0.2, 0.25) is 0 Å². The van der Waals surface area contributed by atoms with Crippen molar-refractivity contribution in [2.75, 3.05) is 0 Å². The number of nitrogens with zero attached hydrogens (tertiary/aromatic N) is 1. The zero-order valence-electron chi connectivity index (χ0n) is 13.1. The van der Waals surface area contributed by atoms with E-state index in [1.165, 1.54) is 75.5 Å². The molecule has 3 rings (SSSR count). The number of rotatable bonds is 3. The van der Waals surface area contributed by atoms with E-state index in [-0.39, 0.29) is 0 Å². The molecule has 0 amide bonds. The van der Waals surface area contributed by atoms with Crippen molar-refractivity contribution in [2.24, 2.45) is 11.8 Å². The third-order valence-corrected chi connectivity index (χ3v) is 5.52. The van der Waals surface area contributed by atoms with Crippen molar-refractivity contribution < 1.29 is 0 Å². The van der Waals surface area contributed by atoms with Gasteiger partial charge in [0.1, 0.15) is 0 Å². The van der Waals surface area contributed by atoms with Crippen molar-refractivity contribution in [2.45, 2.75) is 76.2 Å². The van der Waals surface area contributed by atoms with E-state index in [9.17, 15) is 0 Å². The van der Waals surface area contributed by atoms with Gasteiger partial charge in [-0.15, -0.1) is 0 Å². The number of hydrogen-bond acceptors (Lipinski definition) is 3. The summed E-state index contributed by atoms with van der Waals surface area (Å²) in [7, 11) is 0. The Morgan fingerprint density at radius 2 is 1.81 bits per heavy atom. The van der Waals surface area contributed by atoms with Crippen molar-refractivity contribution in [3.05, 3.63) is 29.6 Å². The number of hydrazine groups is 1. The zero-order valence-corrected chi connectivity index (χ0v) is 13.1. The molecule has 2 unspecified atom stereocenters. The zero-order chi connectivity index (χ0) is 14.5. The summed E-state index contributed by atoms with van der Waals surface area (Å²) < 4.78 is 0. The van der Waals surface area contributed by atoms with Gasteiger partial charge in [0, 0.05) is 23.9 Å². The molecule has 1 heterocycles. The Bertz CT molecular complexity index is 438. The molecular weight excluding hydrogens is 258 g/mol. The van der Waals surface area contributed by atoms with Crippen LogP contribution in [0, 0.1) is 5.92 Å². The Morgan fingerprint density at radius 1 is 1.05 bits per heavy atom. The Kier molecular flexibility index (Phi) is 5.26. The largest absolute Gasteiger partial charge is 0.271 e. The number of aromatic nitrogens is 1. The summed E-state index contributed by atoms with van der Waals surface area (Å²) in [4.78, 5) is 4.71. The minimum Gasteiger partial charge on any atom is -0.271 e. The number of fused-ring (bicyclic) bond motifs is 1. The van der Waals surface area contributed by atoms with Crippen molar-refractivity contribution >= 4 is 0 Å². The third kappa shape index (κ3) is 3.46. The molecule has 3 heteroatoms. The summed E-state index contributed by atoms with van der Waals surface area (Å²) in [6.45, 7) is 0. The molecule has 1 fully saturated rings. The molecule has 0 radical (unpaired) electrons. The maximum absolute atomic E-state index is 6.00. The Labute approximate surface area is 128 Å². The molecule has 1 aromatic heterocycles. The highest BCUT2D eigenvalue weighted by Gasteiger charge is 2.33. The first kappa shape index (κ1) is 15.0. The van der Waals surface area contributed by atoms with Gasteiger partial charge in [0.25, 0.3) is 0 Å². The minimum absolute atomic E-state index is 0.400. The normalized spacial score (nSPS) is 25.7. The second-order valence-electron chi connectivity index (χ2n) is 6.84. The number of aryl methyl sites for hydroxylation is 1. The molecule has 0 bridgehead atoms. The maximum Gasteiger partial charge on any atom is 0.0482 e. The highest BCUT2D eigenvalue weighted by molar-refractivity contribution is 5.27. The van der Waals surface area contributed by atoms with Gasteiger partial charge in [-0.2, -0.15) is 0 Å². The first-order valence-corrected chi connectivity index (χ1v) is 8.80. The highest BCUT2D eigenvalue weighted by Crippen LogP contribution is 2.38. The van der Waals surface area contributed by atoms with E-state index in [1.807, 2.05) is 6.20 Å². The van der Waals surface area contributed by atoms with E-state index in [1.54, 1.807) is 0 Å². The van der Waals surface area contributed by atoms with Crippen LogP contribution in [0.4, 0.5) is 0 Å². The molecule has 3 nitrogen and oxygen atoms in total. The van der Waals surface area contributed by atoms with Crippen molar-refractivity contribution in [1.82, 2.24) is 10.4 Å². The molecule has 3 N–H and O–H groups in total. The van der Waals surface area contributed by atoms with E-state index in [0.29, 0.717) is 17.9 Å². The molecule has 0 spiro atoms. The molecular formula is C18H29N3. The molecule has 2 aliphatic rings. The number of hydrogen-bond donors (Lipinski definition) is 2. The van der Waals surface area contributed by atoms with Gasteiger partial charge >= 0.3 is 0 Å². The highest BCUT2D eigenvalue weighted by atomic mass is 15.2. The molecule has 1 saturated carbocycles. The monoisotopic (exact) mass is 287 g/mol. The first-order valence-electron chi connectivity index (χ1n) is 8.80. The lowest BCUT2D eigenvalue weighted by Crippen LogP contribution is -2.46. The van der Waals surface area contributed by atoms with Gasteiger partial charge < -0.3 is 0 Å². The smallest absolute Gasteiger partial charge is 0.0482 e. The second-order valence-corrected chi connectivity index (χ2v) is 6.84. The first-order chi connectivity index (χ1) is 10.4. The average molecular weight is 287 g/mol. The quantitative estimate of drug-likeness (QED) is 0.658. The lowest BCUT2D eigenvalue weighted by molar-refractivity contribution is 0.240. The molecule has 2 aliphatic carbocycles. The van der Waals surface area contributed by atoms with Gasteiger partial charge in [-0.1, -0.05) is 38.2 Å². The Hall–Kier alpha value is -0.930. The summed E-state index contributed by atoms with van der Waals surface area (Å²) in [5.74, 6) is 7.22. The number of nitrogens with two attached hydrogens (primary N) is 1. The predicted octanol–water partition coefficient (Wildman–Crippen LogP) is 3.69. The average Bonchev–Trinajstić information content (AvgIpc) is 2.50. The van der Waals surface area contributed by atoms with Crippen LogP contribution in [0.25, 0.3) is 0 Å². The van der Waals surface area contributed by atoms with Crippen LogP contribution in [-0.4, -0.2) is 11.0 Å². The molecule has 1 aromatic rings. The van der Waals surface area contributed by atoms with Gasteiger partial charge in [-0.3, -0.25) is 16.3 Å². The summed E-state index contributed by atoms with van der Waals surface area (Å²) >= 11 is 0. The van der Waals surface area contributed by atoms with Crippen LogP contribution >= 0.6 is 0 Å². The van der Waals surface area contributed by atoms with Gasteiger partial charge in [0.2, 0.25) is 0 Å². The van der Waals surface area contributed by atoms with Crippen molar-refractivity contribution in [3.63, 3.8) is 0 Å². The predicted molar refractivity (Wildman–Crippen MR) is 86.8 cm³/mol. The fraction of sp³-hybridized carbons (Fsp3) is 0.722. The molecule has 0 aromatic carbocycles. The van der Waals surface area contributed by atoms with Gasteiger partial charge in [0.15, 0.2) is 0 Å². The lowest BCUT2D eigenvalue weighted by atomic mass is 9.74. The summed E-state index contributed by atoms with van der Waals surface area (Å²) in [5.41, 5.74) is 5.95. The summed E-state index contributed by atoms with van der Waals surface area (Å²) in [5, 5.41) is 0. The molecule has 116 valence electrons. The number of nitrogens with one attached hydrogen (secondary N) is 1. The SMILES string of the molecule is NNC(C1CCCCCCC1)C1CCCc2cccnc21. The minimum atomic E-state index is 0.400. The van der Waals surface area contributed by atoms with E-state index in [4.69, 9.17) is 10.8 Å². The van der Waals surface area contributed by atoms with Crippen LogP contribution in [-0.2, 0) is 6.42 Å². The lowest BCUT2D eigenvalue weighted by Gasteiger charge is -2.36. The fourth-order valence-corrected chi connectivity index (χ4v) is 4.42.